The number of hydrogen-bond donors (Lipinski definition) is 2. The zero-order valence-electron chi connectivity index (χ0n) is 14.7. The molecule has 0 spiro atoms. The number of H-pyrrole nitrogens is 1. The summed E-state index contributed by atoms with van der Waals surface area (Å²) in [6, 6.07) is 6.82. The molecule has 0 atom stereocenters. The summed E-state index contributed by atoms with van der Waals surface area (Å²) in [5.74, 6) is -2.34. The van der Waals surface area contributed by atoms with E-state index >= 15 is 0 Å². The lowest BCUT2D eigenvalue weighted by Crippen LogP contribution is -2.34. The molecule has 9 nitrogen and oxygen atoms in total. The van der Waals surface area contributed by atoms with E-state index < -0.39 is 41.3 Å². The first-order valence-electron chi connectivity index (χ1n) is 8.05. The second kappa shape index (κ2) is 7.66. The van der Waals surface area contributed by atoms with Crippen LogP contribution in [0, 0.1) is 17.1 Å². The van der Waals surface area contributed by atoms with Gasteiger partial charge in [0.1, 0.15) is 18.4 Å². The number of carbonyl (C=O) groups excluding carboxylic acids is 1. The molecule has 0 bridgehead atoms. The van der Waals surface area contributed by atoms with Crippen molar-refractivity contribution in [3.8, 4) is 11.8 Å². The van der Waals surface area contributed by atoms with E-state index in [1.807, 2.05) is 0 Å². The van der Waals surface area contributed by atoms with E-state index in [4.69, 9.17) is 5.26 Å². The number of aromatic amines is 1. The monoisotopic (exact) mass is 422 g/mol. The maximum Gasteiger partial charge on any atom is 0.416 e. The third kappa shape index (κ3) is 4.27. The number of nitriles is 1. The summed E-state index contributed by atoms with van der Waals surface area (Å²) in [4.78, 5) is 36.6. The van der Waals surface area contributed by atoms with E-state index in [1.54, 1.807) is 11.1 Å². The van der Waals surface area contributed by atoms with Crippen LogP contribution in [0.1, 0.15) is 11.3 Å². The first kappa shape index (κ1) is 20.5. The molecule has 2 N–H and O–H groups in total. The standard InChI is InChI=1S/C17H10F4N6O3/c18-12-7-26(16(30)24-15(12)29)8-14(28)23-13-5-10(6-22)25-27(13)11-3-1-2-9(4-11)17(19,20)21/h1-5,7H,8H2,(H,23,28)(H,24,29,30). The molecule has 13 heteroatoms. The van der Waals surface area contributed by atoms with Gasteiger partial charge in [-0.3, -0.25) is 19.1 Å². The number of alkyl halides is 3. The van der Waals surface area contributed by atoms with Crippen LogP contribution in [0.2, 0.25) is 0 Å². The highest BCUT2D eigenvalue weighted by molar-refractivity contribution is 5.90. The molecular weight excluding hydrogens is 412 g/mol. The zero-order chi connectivity index (χ0) is 22.1. The van der Waals surface area contributed by atoms with Crippen molar-refractivity contribution in [2.24, 2.45) is 0 Å². The second-order valence-corrected chi connectivity index (χ2v) is 5.90. The summed E-state index contributed by atoms with van der Waals surface area (Å²) in [6.45, 7) is -0.720. The topological polar surface area (TPSA) is 126 Å². The summed E-state index contributed by atoms with van der Waals surface area (Å²) >= 11 is 0. The third-order valence-electron chi connectivity index (χ3n) is 3.79. The molecule has 0 fully saturated rings. The van der Waals surface area contributed by atoms with Crippen LogP contribution in [0.3, 0.4) is 0 Å². The Labute approximate surface area is 163 Å². The molecule has 2 aromatic heterocycles. The Morgan fingerprint density at radius 3 is 2.67 bits per heavy atom. The van der Waals surface area contributed by atoms with Crippen LogP contribution in [0.25, 0.3) is 5.69 Å². The molecular formula is C17H10F4N6O3. The highest BCUT2D eigenvalue weighted by atomic mass is 19.4. The highest BCUT2D eigenvalue weighted by Gasteiger charge is 2.30. The van der Waals surface area contributed by atoms with Gasteiger partial charge in [-0.15, -0.1) is 0 Å². The predicted octanol–water partition coefficient (Wildman–Crippen LogP) is 1.39. The lowest BCUT2D eigenvalue weighted by atomic mass is 10.2. The van der Waals surface area contributed by atoms with E-state index in [0.717, 1.165) is 28.9 Å². The molecule has 3 aromatic rings. The predicted molar refractivity (Wildman–Crippen MR) is 93.2 cm³/mol. The second-order valence-electron chi connectivity index (χ2n) is 5.90. The van der Waals surface area contributed by atoms with Crippen LogP contribution in [0.15, 0.2) is 46.1 Å². The van der Waals surface area contributed by atoms with Crippen molar-refractivity contribution in [2.45, 2.75) is 12.7 Å². The van der Waals surface area contributed by atoms with Crippen molar-refractivity contribution < 1.29 is 22.4 Å². The number of carbonyl (C=O) groups is 1. The Hall–Kier alpha value is -4.21. The average Bonchev–Trinajstić information content (AvgIpc) is 3.08. The molecule has 0 saturated carbocycles. The van der Waals surface area contributed by atoms with Crippen molar-refractivity contribution in [2.75, 3.05) is 5.32 Å². The number of nitrogens with zero attached hydrogens (tertiary/aromatic N) is 4. The molecule has 0 aliphatic heterocycles. The smallest absolute Gasteiger partial charge is 0.309 e. The SMILES string of the molecule is N#Cc1cc(NC(=O)Cn2cc(F)c(=O)[nH]c2=O)n(-c2cccc(C(F)(F)F)c2)n1. The van der Waals surface area contributed by atoms with E-state index in [1.165, 1.54) is 6.07 Å². The van der Waals surface area contributed by atoms with Crippen LogP contribution >= 0.6 is 0 Å². The van der Waals surface area contributed by atoms with Gasteiger partial charge in [0.2, 0.25) is 11.7 Å². The zero-order valence-corrected chi connectivity index (χ0v) is 14.7. The molecule has 2 heterocycles. The Kier molecular flexibility index (Phi) is 5.24. The van der Waals surface area contributed by atoms with Crippen molar-refractivity contribution in [3.63, 3.8) is 0 Å². The average molecular weight is 422 g/mol. The van der Waals surface area contributed by atoms with Crippen LogP contribution in [-0.4, -0.2) is 25.2 Å². The lowest BCUT2D eigenvalue weighted by Gasteiger charge is -2.12. The third-order valence-corrected chi connectivity index (χ3v) is 3.79. The fourth-order valence-corrected chi connectivity index (χ4v) is 2.47. The van der Waals surface area contributed by atoms with E-state index in [-0.39, 0.29) is 17.2 Å². The molecule has 30 heavy (non-hydrogen) atoms. The van der Waals surface area contributed by atoms with Gasteiger partial charge >= 0.3 is 11.9 Å². The molecule has 0 unspecified atom stereocenters. The van der Waals surface area contributed by atoms with Crippen LogP contribution in [0.4, 0.5) is 23.4 Å². The Morgan fingerprint density at radius 2 is 2.00 bits per heavy atom. The van der Waals surface area contributed by atoms with E-state index in [9.17, 15) is 31.9 Å². The Balaban J connectivity index is 1.93. The van der Waals surface area contributed by atoms with E-state index in [2.05, 4.69) is 10.4 Å². The number of hydrogen-bond acceptors (Lipinski definition) is 5. The highest BCUT2D eigenvalue weighted by Crippen LogP contribution is 2.31. The van der Waals surface area contributed by atoms with Crippen LogP contribution in [0.5, 0.6) is 0 Å². The fraction of sp³-hybridized carbons (Fsp3) is 0.118. The number of halogens is 4. The van der Waals surface area contributed by atoms with Crippen molar-refractivity contribution >= 4 is 11.7 Å². The summed E-state index contributed by atoms with van der Waals surface area (Å²) in [5.41, 5.74) is -3.55. The normalized spacial score (nSPS) is 11.2. The first-order valence-corrected chi connectivity index (χ1v) is 8.05. The van der Waals surface area contributed by atoms with Crippen molar-refractivity contribution in [3.05, 3.63) is 74.4 Å². The minimum atomic E-state index is -4.62. The van der Waals surface area contributed by atoms with Crippen molar-refractivity contribution in [1.29, 1.82) is 5.26 Å². The molecule has 0 aliphatic rings. The Bertz CT molecular complexity index is 1280. The van der Waals surface area contributed by atoms with Gasteiger partial charge in [-0.1, -0.05) is 6.07 Å². The number of rotatable bonds is 4. The van der Waals surface area contributed by atoms with Gasteiger partial charge in [-0.25, -0.2) is 9.48 Å². The maximum absolute atomic E-state index is 13.3. The van der Waals surface area contributed by atoms with Gasteiger partial charge in [-0.05, 0) is 18.2 Å². The van der Waals surface area contributed by atoms with Crippen molar-refractivity contribution in [1.82, 2.24) is 19.3 Å². The van der Waals surface area contributed by atoms with Gasteiger partial charge in [-0.2, -0.15) is 27.9 Å². The van der Waals surface area contributed by atoms with Gasteiger partial charge in [0.25, 0.3) is 5.56 Å². The molecule has 154 valence electrons. The summed E-state index contributed by atoms with van der Waals surface area (Å²) < 4.78 is 53.7. The minimum Gasteiger partial charge on any atom is -0.309 e. The number of amides is 1. The molecule has 3 rings (SSSR count). The summed E-state index contributed by atoms with van der Waals surface area (Å²) in [7, 11) is 0. The van der Waals surface area contributed by atoms with Gasteiger partial charge in [0.05, 0.1) is 17.4 Å². The fourth-order valence-electron chi connectivity index (χ4n) is 2.47. The number of anilines is 1. The van der Waals surface area contributed by atoms with Gasteiger partial charge in [0.15, 0.2) is 5.69 Å². The quantitative estimate of drug-likeness (QED) is 0.615. The van der Waals surface area contributed by atoms with Gasteiger partial charge in [0, 0.05) is 6.07 Å². The van der Waals surface area contributed by atoms with Crippen LogP contribution in [-0.2, 0) is 17.5 Å². The summed E-state index contributed by atoms with van der Waals surface area (Å²) in [5, 5.41) is 15.1. The van der Waals surface area contributed by atoms with Gasteiger partial charge < -0.3 is 5.32 Å². The largest absolute Gasteiger partial charge is 0.416 e. The maximum atomic E-state index is 13.3. The molecule has 0 saturated heterocycles. The number of benzene rings is 1. The molecule has 0 radical (unpaired) electrons. The molecule has 0 aliphatic carbocycles. The number of aromatic nitrogens is 4. The number of nitrogens with one attached hydrogen (secondary N) is 2. The molecule has 1 aromatic carbocycles. The first-order chi connectivity index (χ1) is 14.1. The Morgan fingerprint density at radius 1 is 1.27 bits per heavy atom. The minimum absolute atomic E-state index is 0.0890. The van der Waals surface area contributed by atoms with Crippen LogP contribution < -0.4 is 16.6 Å². The molecule has 1 amide bonds. The van der Waals surface area contributed by atoms with E-state index in [0.29, 0.717) is 10.8 Å². The summed E-state index contributed by atoms with van der Waals surface area (Å²) in [6.07, 6.45) is -4.09. The lowest BCUT2D eigenvalue weighted by molar-refractivity contribution is -0.137.